The summed E-state index contributed by atoms with van der Waals surface area (Å²) < 4.78 is 10.5. The molecule has 0 atom stereocenters. The first-order valence-corrected chi connectivity index (χ1v) is 9.35. The maximum atomic E-state index is 12.5. The second-order valence-electron chi connectivity index (χ2n) is 5.41. The van der Waals surface area contributed by atoms with Gasteiger partial charge < -0.3 is 9.47 Å². The molecule has 0 aliphatic carbocycles. The predicted molar refractivity (Wildman–Crippen MR) is 99.6 cm³/mol. The Hall–Kier alpha value is -2.15. The number of methoxy groups -OCH3 is 2. The number of rotatable bonds is 7. The summed E-state index contributed by atoms with van der Waals surface area (Å²) in [5.41, 5.74) is 0.744. The molecule has 6 nitrogen and oxygen atoms in total. The first-order valence-electron chi connectivity index (χ1n) is 8.20. The molecule has 0 spiro atoms. The molecule has 1 aliphatic rings. The van der Waals surface area contributed by atoms with Gasteiger partial charge in [-0.15, -0.1) is 0 Å². The minimum atomic E-state index is -0.211. The number of nitrogens with zero attached hydrogens (tertiary/aromatic N) is 2. The molecule has 0 N–H and O–H groups in total. The van der Waals surface area contributed by atoms with E-state index in [1.165, 1.54) is 11.1 Å². The fraction of sp³-hybridized carbons (Fsp3) is 0.444. The first-order chi connectivity index (χ1) is 12.1. The Kier molecular flexibility index (Phi) is 7.18. The Morgan fingerprint density at radius 1 is 1.20 bits per heavy atom. The van der Waals surface area contributed by atoms with E-state index in [2.05, 4.69) is 0 Å². The van der Waals surface area contributed by atoms with E-state index in [0.29, 0.717) is 30.3 Å². The van der Waals surface area contributed by atoms with Crippen molar-refractivity contribution in [2.24, 2.45) is 0 Å². The topological polar surface area (TPSA) is 59.1 Å². The number of hydrazine groups is 1. The molecule has 7 heteroatoms. The molecule has 0 radical (unpaired) electrons. The van der Waals surface area contributed by atoms with Crippen LogP contribution in [0.1, 0.15) is 18.9 Å². The van der Waals surface area contributed by atoms with Gasteiger partial charge in [0.05, 0.1) is 20.0 Å². The largest absolute Gasteiger partial charge is 0.497 e. The van der Waals surface area contributed by atoms with Crippen molar-refractivity contribution in [3.63, 3.8) is 0 Å². The molecule has 136 valence electrons. The summed E-state index contributed by atoms with van der Waals surface area (Å²) in [5, 5.41) is 3.07. The summed E-state index contributed by atoms with van der Waals surface area (Å²) in [6.45, 7) is 3.15. The summed E-state index contributed by atoms with van der Waals surface area (Å²) in [6, 6.07) is 5.38. The average Bonchev–Trinajstić information content (AvgIpc) is 3.13. The Labute approximate surface area is 152 Å². The molecule has 1 aromatic carbocycles. The van der Waals surface area contributed by atoms with Crippen molar-refractivity contribution in [2.45, 2.75) is 13.3 Å². The van der Waals surface area contributed by atoms with E-state index in [1.54, 1.807) is 55.3 Å². The third-order valence-corrected chi connectivity index (χ3v) is 4.70. The first kappa shape index (κ1) is 19.2. The van der Waals surface area contributed by atoms with Gasteiger partial charge in [0, 0.05) is 24.7 Å². The molecule has 0 unspecified atom stereocenters. The van der Waals surface area contributed by atoms with Crippen LogP contribution < -0.4 is 9.47 Å². The highest BCUT2D eigenvalue weighted by Crippen LogP contribution is 2.25. The molecular formula is C18H24N2O4S. The van der Waals surface area contributed by atoms with Crippen molar-refractivity contribution >= 4 is 29.7 Å². The van der Waals surface area contributed by atoms with E-state index in [-0.39, 0.29) is 11.8 Å². The van der Waals surface area contributed by atoms with Crippen molar-refractivity contribution < 1.29 is 19.1 Å². The quantitative estimate of drug-likeness (QED) is 0.696. The van der Waals surface area contributed by atoms with Gasteiger partial charge in [0.15, 0.2) is 0 Å². The number of carbonyl (C=O) groups is 2. The van der Waals surface area contributed by atoms with Crippen LogP contribution in [-0.4, -0.2) is 60.6 Å². The SMILES string of the molecule is CCSCC(=O)N1CCCN1C(=O)C=Cc1cc(OC)ccc1OC. The zero-order valence-electron chi connectivity index (χ0n) is 14.9. The Bertz CT molecular complexity index is 648. The Morgan fingerprint density at radius 2 is 1.96 bits per heavy atom. The highest BCUT2D eigenvalue weighted by atomic mass is 32.2. The van der Waals surface area contributed by atoms with Gasteiger partial charge in [-0.1, -0.05) is 6.92 Å². The molecule has 0 bridgehead atoms. The maximum absolute atomic E-state index is 12.5. The lowest BCUT2D eigenvalue weighted by Crippen LogP contribution is -2.45. The zero-order chi connectivity index (χ0) is 18.2. The van der Waals surface area contributed by atoms with Crippen LogP contribution in [0.25, 0.3) is 6.08 Å². The van der Waals surface area contributed by atoms with Gasteiger partial charge in [0.2, 0.25) is 0 Å². The third kappa shape index (κ3) is 4.92. The van der Waals surface area contributed by atoms with E-state index in [0.717, 1.165) is 17.7 Å². The second-order valence-corrected chi connectivity index (χ2v) is 6.68. The van der Waals surface area contributed by atoms with Crippen molar-refractivity contribution in [1.82, 2.24) is 10.0 Å². The lowest BCUT2D eigenvalue weighted by Gasteiger charge is -2.26. The molecule has 0 aromatic heterocycles. The molecule has 1 fully saturated rings. The van der Waals surface area contributed by atoms with Crippen molar-refractivity contribution in [1.29, 1.82) is 0 Å². The van der Waals surface area contributed by atoms with Crippen LogP contribution in [0.15, 0.2) is 24.3 Å². The monoisotopic (exact) mass is 364 g/mol. The van der Waals surface area contributed by atoms with Gasteiger partial charge in [0.25, 0.3) is 11.8 Å². The normalized spacial score (nSPS) is 14.2. The molecule has 25 heavy (non-hydrogen) atoms. The smallest absolute Gasteiger partial charge is 0.265 e. The summed E-state index contributed by atoms with van der Waals surface area (Å²) in [7, 11) is 3.16. The third-order valence-electron chi connectivity index (χ3n) is 3.85. The number of thioether (sulfide) groups is 1. The fourth-order valence-electron chi connectivity index (χ4n) is 2.58. The molecule has 1 saturated heterocycles. The summed E-state index contributed by atoms with van der Waals surface area (Å²) in [4.78, 5) is 24.8. The van der Waals surface area contributed by atoms with Crippen molar-refractivity contribution in [3.8, 4) is 11.5 Å². The van der Waals surface area contributed by atoms with Gasteiger partial charge >= 0.3 is 0 Å². The Morgan fingerprint density at radius 3 is 2.64 bits per heavy atom. The number of carbonyl (C=O) groups excluding carboxylic acids is 2. The van der Waals surface area contributed by atoms with E-state index < -0.39 is 0 Å². The van der Waals surface area contributed by atoms with Crippen LogP contribution in [0.4, 0.5) is 0 Å². The van der Waals surface area contributed by atoms with E-state index in [9.17, 15) is 9.59 Å². The van der Waals surface area contributed by atoms with Crippen LogP contribution in [-0.2, 0) is 9.59 Å². The molecule has 1 aliphatic heterocycles. The van der Waals surface area contributed by atoms with Gasteiger partial charge in [-0.2, -0.15) is 11.8 Å². The number of hydrogen-bond acceptors (Lipinski definition) is 5. The lowest BCUT2D eigenvalue weighted by molar-refractivity contribution is -0.152. The van der Waals surface area contributed by atoms with Crippen molar-refractivity contribution in [3.05, 3.63) is 29.8 Å². The minimum Gasteiger partial charge on any atom is -0.497 e. The zero-order valence-corrected chi connectivity index (χ0v) is 15.7. The predicted octanol–water partition coefficient (Wildman–Crippen LogP) is 2.45. The van der Waals surface area contributed by atoms with Crippen LogP contribution in [0.5, 0.6) is 11.5 Å². The van der Waals surface area contributed by atoms with E-state index >= 15 is 0 Å². The van der Waals surface area contributed by atoms with Crippen LogP contribution in [0.2, 0.25) is 0 Å². The molecule has 1 aromatic rings. The molecule has 2 rings (SSSR count). The maximum Gasteiger partial charge on any atom is 0.265 e. The minimum absolute atomic E-state index is 0.0231. The van der Waals surface area contributed by atoms with Crippen LogP contribution >= 0.6 is 11.8 Å². The van der Waals surface area contributed by atoms with Crippen LogP contribution in [0, 0.1) is 0 Å². The molecule has 1 heterocycles. The summed E-state index contributed by atoms with van der Waals surface area (Å²) in [5.74, 6) is 2.37. The van der Waals surface area contributed by atoms with Crippen molar-refractivity contribution in [2.75, 3.05) is 38.8 Å². The molecule has 0 saturated carbocycles. The number of benzene rings is 1. The summed E-state index contributed by atoms with van der Waals surface area (Å²) in [6.07, 6.45) is 3.95. The lowest BCUT2D eigenvalue weighted by atomic mass is 10.1. The van der Waals surface area contributed by atoms with Crippen LogP contribution in [0.3, 0.4) is 0 Å². The second kappa shape index (κ2) is 9.36. The highest BCUT2D eigenvalue weighted by molar-refractivity contribution is 7.99. The Balaban J connectivity index is 2.10. The average molecular weight is 364 g/mol. The fourth-order valence-corrected chi connectivity index (χ4v) is 3.11. The standard InChI is InChI=1S/C18H24N2O4S/c1-4-25-13-18(22)20-11-5-10-19(20)17(21)9-6-14-12-15(23-2)7-8-16(14)24-3/h6-9,12H,4-5,10-11,13H2,1-3H3. The van der Waals surface area contributed by atoms with E-state index in [1.807, 2.05) is 6.92 Å². The van der Waals surface area contributed by atoms with Gasteiger partial charge in [-0.3, -0.25) is 14.6 Å². The van der Waals surface area contributed by atoms with Gasteiger partial charge in [-0.25, -0.2) is 5.01 Å². The van der Waals surface area contributed by atoms with E-state index in [4.69, 9.17) is 9.47 Å². The number of hydrogen-bond donors (Lipinski definition) is 0. The number of ether oxygens (including phenoxy) is 2. The molecule has 2 amide bonds. The van der Waals surface area contributed by atoms with Gasteiger partial charge in [0.1, 0.15) is 11.5 Å². The summed E-state index contributed by atoms with van der Waals surface area (Å²) >= 11 is 1.56. The van der Waals surface area contributed by atoms with Gasteiger partial charge in [-0.05, 0) is 36.4 Å². The number of amides is 2. The highest BCUT2D eigenvalue weighted by Gasteiger charge is 2.29. The molecular weight excluding hydrogens is 340 g/mol.